The molecule has 0 N–H and O–H groups in total. The van der Waals surface area contributed by atoms with Crippen LogP contribution >= 0.6 is 0 Å². The number of carbonyl (C=O) groups is 1. The van der Waals surface area contributed by atoms with Gasteiger partial charge in [0.25, 0.3) is 0 Å². The first-order valence-corrected chi connectivity index (χ1v) is 10.3. The summed E-state index contributed by atoms with van der Waals surface area (Å²) >= 11 is 0. The minimum absolute atomic E-state index is 0.0880. The lowest BCUT2D eigenvalue weighted by Gasteiger charge is -2.22. The average Bonchev–Trinajstić information content (AvgIpc) is 2.71. The topological polar surface area (TPSA) is 35.5 Å². The normalized spacial score (nSPS) is 11.2. The van der Waals surface area contributed by atoms with Gasteiger partial charge in [-0.05, 0) is 53.1 Å². The number of benzene rings is 3. The van der Waals surface area contributed by atoms with Crippen molar-refractivity contribution in [2.75, 3.05) is 6.61 Å². The Morgan fingerprint density at radius 2 is 1.47 bits per heavy atom. The largest absolute Gasteiger partial charge is 0.481 e. The molecule has 0 aliphatic carbocycles. The Kier molecular flexibility index (Phi) is 6.61. The monoisotopic (exact) mass is 402 g/mol. The molecule has 3 aromatic carbocycles. The van der Waals surface area contributed by atoms with Gasteiger partial charge in [-0.3, -0.25) is 0 Å². The molecule has 0 saturated carbocycles. The van der Waals surface area contributed by atoms with Crippen molar-refractivity contribution in [3.8, 4) is 16.9 Å². The molecule has 0 amide bonds. The summed E-state index contributed by atoms with van der Waals surface area (Å²) in [6.07, 6.45) is 0. The van der Waals surface area contributed by atoms with Crippen molar-refractivity contribution in [2.45, 2.75) is 46.6 Å². The Morgan fingerprint density at radius 3 is 2.10 bits per heavy atom. The predicted molar refractivity (Wildman–Crippen MR) is 122 cm³/mol. The van der Waals surface area contributed by atoms with Crippen LogP contribution in [0.4, 0.5) is 0 Å². The van der Waals surface area contributed by atoms with E-state index in [-0.39, 0.29) is 24.6 Å². The third-order valence-corrected chi connectivity index (χ3v) is 5.26. The molecule has 0 heterocycles. The van der Waals surface area contributed by atoms with Crippen LogP contribution in [0.2, 0.25) is 0 Å². The summed E-state index contributed by atoms with van der Waals surface area (Å²) in [5, 5.41) is 0. The predicted octanol–water partition coefficient (Wildman–Crippen LogP) is 6.39. The first-order valence-electron chi connectivity index (χ1n) is 10.3. The standard InChI is InChI=1S/C27H30O3/c1-19-15-22(27(3,4)5)16-20(2)24(19)17-30-26(28)18-29-25-14-10-9-13-23(25)21-11-7-6-8-12-21/h6-16H,17-18H2,1-5H3. The number of aryl methyl sites for hydroxylation is 2. The van der Waals surface area contributed by atoms with Gasteiger partial charge in [-0.2, -0.15) is 0 Å². The fourth-order valence-corrected chi connectivity index (χ4v) is 3.43. The maximum absolute atomic E-state index is 12.3. The smallest absolute Gasteiger partial charge is 0.344 e. The SMILES string of the molecule is Cc1cc(C(C)(C)C)cc(C)c1COC(=O)COc1ccccc1-c1ccccc1. The van der Waals surface area contributed by atoms with E-state index in [1.807, 2.05) is 54.6 Å². The molecule has 0 aromatic heterocycles. The van der Waals surface area contributed by atoms with Gasteiger partial charge in [-0.15, -0.1) is 0 Å². The minimum Gasteiger partial charge on any atom is -0.481 e. The first-order chi connectivity index (χ1) is 14.3. The minimum atomic E-state index is -0.378. The molecule has 3 aromatic rings. The van der Waals surface area contributed by atoms with Gasteiger partial charge in [0, 0.05) is 5.56 Å². The molecular formula is C27H30O3. The van der Waals surface area contributed by atoms with Gasteiger partial charge in [-0.25, -0.2) is 4.79 Å². The molecule has 0 atom stereocenters. The van der Waals surface area contributed by atoms with Crippen molar-refractivity contribution >= 4 is 5.97 Å². The summed E-state index contributed by atoms with van der Waals surface area (Å²) in [6.45, 7) is 10.9. The molecule has 156 valence electrons. The first kappa shape index (κ1) is 21.6. The molecule has 3 rings (SSSR count). The van der Waals surface area contributed by atoms with E-state index in [2.05, 4.69) is 46.8 Å². The number of carbonyl (C=O) groups excluding carboxylic acids is 1. The van der Waals surface area contributed by atoms with Crippen molar-refractivity contribution in [1.29, 1.82) is 0 Å². The number of ether oxygens (including phenoxy) is 2. The Morgan fingerprint density at radius 1 is 0.867 bits per heavy atom. The Labute approximate surface area is 179 Å². The summed E-state index contributed by atoms with van der Waals surface area (Å²) in [5.74, 6) is 0.291. The Bertz CT molecular complexity index is 991. The lowest BCUT2D eigenvalue weighted by molar-refractivity contribution is -0.147. The summed E-state index contributed by atoms with van der Waals surface area (Å²) in [5.41, 5.74) is 6.72. The van der Waals surface area contributed by atoms with E-state index < -0.39 is 0 Å². The quantitative estimate of drug-likeness (QED) is 0.448. The van der Waals surface area contributed by atoms with Crippen molar-refractivity contribution in [3.63, 3.8) is 0 Å². The Hall–Kier alpha value is -3.07. The van der Waals surface area contributed by atoms with Gasteiger partial charge in [0.2, 0.25) is 0 Å². The molecule has 0 unspecified atom stereocenters. The van der Waals surface area contributed by atoms with Gasteiger partial charge in [0.1, 0.15) is 12.4 Å². The average molecular weight is 403 g/mol. The summed E-state index contributed by atoms with van der Waals surface area (Å²) < 4.78 is 11.3. The zero-order valence-electron chi connectivity index (χ0n) is 18.5. The lowest BCUT2D eigenvalue weighted by atomic mass is 9.84. The van der Waals surface area contributed by atoms with E-state index in [1.165, 1.54) is 5.56 Å². The van der Waals surface area contributed by atoms with Crippen LogP contribution in [0.25, 0.3) is 11.1 Å². The van der Waals surface area contributed by atoms with Crippen molar-refractivity contribution in [2.24, 2.45) is 0 Å². The molecule has 3 nitrogen and oxygen atoms in total. The maximum Gasteiger partial charge on any atom is 0.344 e. The molecular weight excluding hydrogens is 372 g/mol. The molecule has 0 bridgehead atoms. The van der Waals surface area contributed by atoms with Crippen LogP contribution in [0, 0.1) is 13.8 Å². The van der Waals surface area contributed by atoms with E-state index in [0.29, 0.717) is 5.75 Å². The molecule has 0 spiro atoms. The Balaban J connectivity index is 1.63. The number of rotatable bonds is 6. The molecule has 3 heteroatoms. The highest BCUT2D eigenvalue weighted by Gasteiger charge is 2.17. The van der Waals surface area contributed by atoms with Crippen molar-refractivity contribution in [3.05, 3.63) is 89.0 Å². The van der Waals surface area contributed by atoms with Gasteiger partial charge in [-0.1, -0.05) is 81.4 Å². The van der Waals surface area contributed by atoms with Crippen LogP contribution in [0.15, 0.2) is 66.7 Å². The fourth-order valence-electron chi connectivity index (χ4n) is 3.43. The third-order valence-electron chi connectivity index (χ3n) is 5.26. The van der Waals surface area contributed by atoms with Crippen LogP contribution in [0.1, 0.15) is 43.0 Å². The second-order valence-corrected chi connectivity index (χ2v) is 8.65. The van der Waals surface area contributed by atoms with E-state index in [9.17, 15) is 4.79 Å². The molecule has 0 aliphatic rings. The zero-order valence-corrected chi connectivity index (χ0v) is 18.5. The van der Waals surface area contributed by atoms with Crippen LogP contribution in [-0.2, 0) is 21.6 Å². The van der Waals surface area contributed by atoms with Crippen LogP contribution in [0.3, 0.4) is 0 Å². The number of esters is 1. The highest BCUT2D eigenvalue weighted by molar-refractivity contribution is 5.73. The van der Waals surface area contributed by atoms with E-state index in [0.717, 1.165) is 27.8 Å². The molecule has 30 heavy (non-hydrogen) atoms. The highest BCUT2D eigenvalue weighted by Crippen LogP contribution is 2.30. The number of para-hydroxylation sites is 1. The summed E-state index contributed by atoms with van der Waals surface area (Å²) in [4.78, 5) is 12.3. The van der Waals surface area contributed by atoms with E-state index >= 15 is 0 Å². The van der Waals surface area contributed by atoms with E-state index in [1.54, 1.807) is 0 Å². The van der Waals surface area contributed by atoms with Gasteiger partial charge >= 0.3 is 5.97 Å². The zero-order chi connectivity index (χ0) is 21.7. The van der Waals surface area contributed by atoms with Crippen LogP contribution in [0.5, 0.6) is 5.75 Å². The highest BCUT2D eigenvalue weighted by atomic mass is 16.6. The lowest BCUT2D eigenvalue weighted by Crippen LogP contribution is -2.16. The molecule has 0 radical (unpaired) electrons. The number of hydrogen-bond donors (Lipinski definition) is 0. The maximum atomic E-state index is 12.3. The van der Waals surface area contributed by atoms with Gasteiger partial charge < -0.3 is 9.47 Å². The van der Waals surface area contributed by atoms with Crippen LogP contribution in [-0.4, -0.2) is 12.6 Å². The summed E-state index contributed by atoms with van der Waals surface area (Å²) in [7, 11) is 0. The second kappa shape index (κ2) is 9.17. The van der Waals surface area contributed by atoms with Crippen molar-refractivity contribution < 1.29 is 14.3 Å². The molecule has 0 saturated heterocycles. The fraction of sp³-hybridized carbons (Fsp3) is 0.296. The third kappa shape index (κ3) is 5.29. The molecule has 0 aliphatic heterocycles. The van der Waals surface area contributed by atoms with Crippen molar-refractivity contribution in [1.82, 2.24) is 0 Å². The molecule has 0 fully saturated rings. The number of hydrogen-bond acceptors (Lipinski definition) is 3. The summed E-state index contributed by atoms with van der Waals surface area (Å²) in [6, 6.07) is 22.1. The van der Waals surface area contributed by atoms with Gasteiger partial charge in [0.15, 0.2) is 6.61 Å². The van der Waals surface area contributed by atoms with Gasteiger partial charge in [0.05, 0.1) is 0 Å². The van der Waals surface area contributed by atoms with Crippen LogP contribution < -0.4 is 4.74 Å². The van der Waals surface area contributed by atoms with E-state index in [4.69, 9.17) is 9.47 Å². The second-order valence-electron chi connectivity index (χ2n) is 8.65.